The third-order valence-corrected chi connectivity index (χ3v) is 1.58. The van der Waals surface area contributed by atoms with Crippen LogP contribution in [0.5, 0.6) is 11.5 Å². The maximum absolute atomic E-state index is 10.6. The molecule has 0 heterocycles. The van der Waals surface area contributed by atoms with Crippen LogP contribution in [0.2, 0.25) is 0 Å². The summed E-state index contributed by atoms with van der Waals surface area (Å²) < 4.78 is 9.65. The second kappa shape index (κ2) is 6.61. The van der Waals surface area contributed by atoms with E-state index in [9.17, 15) is 10.1 Å². The molecule has 84 valence electrons. The van der Waals surface area contributed by atoms with Crippen LogP contribution in [0.1, 0.15) is 0 Å². The molecule has 0 aliphatic carbocycles. The number of rotatable bonds is 3. The molecular formula is C9H13NO5. The van der Waals surface area contributed by atoms with Crippen LogP contribution in [0, 0.1) is 10.1 Å². The fourth-order valence-electron chi connectivity index (χ4n) is 1.01. The first-order chi connectivity index (χ1) is 7.20. The van der Waals surface area contributed by atoms with Crippen LogP contribution in [-0.2, 0) is 0 Å². The van der Waals surface area contributed by atoms with Crippen LogP contribution >= 0.6 is 0 Å². The van der Waals surface area contributed by atoms with Crippen molar-refractivity contribution < 1.29 is 19.5 Å². The lowest BCUT2D eigenvalue weighted by molar-refractivity contribution is -0.386. The van der Waals surface area contributed by atoms with Crippen molar-refractivity contribution in [2.75, 3.05) is 21.3 Å². The molecule has 0 bridgehead atoms. The number of hydrogen-bond acceptors (Lipinski definition) is 5. The van der Waals surface area contributed by atoms with Crippen molar-refractivity contribution in [3.05, 3.63) is 28.3 Å². The summed E-state index contributed by atoms with van der Waals surface area (Å²) in [5, 5.41) is 17.6. The van der Waals surface area contributed by atoms with Gasteiger partial charge in [-0.3, -0.25) is 10.1 Å². The van der Waals surface area contributed by atoms with Gasteiger partial charge in [0.05, 0.1) is 19.1 Å². The second-order valence-corrected chi connectivity index (χ2v) is 2.27. The molecule has 0 atom stereocenters. The average Bonchev–Trinajstić information content (AvgIpc) is 2.30. The molecule has 1 rings (SSSR count). The van der Waals surface area contributed by atoms with E-state index < -0.39 is 4.92 Å². The zero-order valence-corrected chi connectivity index (χ0v) is 8.76. The van der Waals surface area contributed by atoms with Gasteiger partial charge in [0.2, 0.25) is 11.5 Å². The molecule has 0 saturated carbocycles. The van der Waals surface area contributed by atoms with Gasteiger partial charge < -0.3 is 14.6 Å². The molecule has 15 heavy (non-hydrogen) atoms. The fourth-order valence-corrected chi connectivity index (χ4v) is 1.01. The van der Waals surface area contributed by atoms with Crippen LogP contribution in [0.25, 0.3) is 0 Å². The van der Waals surface area contributed by atoms with E-state index in [0.29, 0.717) is 0 Å². The molecule has 0 unspecified atom stereocenters. The first-order valence-electron chi connectivity index (χ1n) is 4.00. The molecule has 0 aromatic heterocycles. The molecular weight excluding hydrogens is 202 g/mol. The zero-order valence-electron chi connectivity index (χ0n) is 8.76. The predicted molar refractivity (Wildman–Crippen MR) is 54.3 cm³/mol. The number of nitro groups is 1. The third-order valence-electron chi connectivity index (χ3n) is 1.58. The molecule has 0 radical (unpaired) electrons. The predicted octanol–water partition coefficient (Wildman–Crippen LogP) is 1.22. The highest BCUT2D eigenvalue weighted by Gasteiger charge is 2.20. The Kier molecular flexibility index (Phi) is 5.81. The summed E-state index contributed by atoms with van der Waals surface area (Å²) >= 11 is 0. The quantitative estimate of drug-likeness (QED) is 0.605. The highest BCUT2D eigenvalue weighted by molar-refractivity contribution is 5.56. The third kappa shape index (κ3) is 3.10. The molecule has 0 aliphatic heterocycles. The number of hydrogen-bond donors (Lipinski definition) is 1. The van der Waals surface area contributed by atoms with Crippen molar-refractivity contribution in [1.29, 1.82) is 0 Å². The molecule has 1 aromatic rings. The van der Waals surface area contributed by atoms with Crippen molar-refractivity contribution in [2.24, 2.45) is 0 Å². The average molecular weight is 215 g/mol. The van der Waals surface area contributed by atoms with Crippen molar-refractivity contribution >= 4 is 5.69 Å². The minimum absolute atomic E-state index is 0.146. The lowest BCUT2D eigenvalue weighted by atomic mass is 10.3. The number of aliphatic hydroxyl groups excluding tert-OH is 1. The van der Waals surface area contributed by atoms with Gasteiger partial charge in [-0.1, -0.05) is 6.07 Å². The maximum Gasteiger partial charge on any atom is 0.352 e. The molecule has 0 aliphatic rings. The Morgan fingerprint density at radius 1 is 1.20 bits per heavy atom. The van der Waals surface area contributed by atoms with Gasteiger partial charge in [0, 0.05) is 7.11 Å². The van der Waals surface area contributed by atoms with E-state index >= 15 is 0 Å². The minimum atomic E-state index is -0.530. The van der Waals surface area contributed by atoms with E-state index in [0.717, 1.165) is 7.11 Å². The van der Waals surface area contributed by atoms with E-state index in [4.69, 9.17) is 14.6 Å². The Labute approximate surface area is 87.2 Å². The normalized spacial score (nSPS) is 8.53. The monoisotopic (exact) mass is 215 g/mol. The summed E-state index contributed by atoms with van der Waals surface area (Å²) in [6.45, 7) is 0. The Morgan fingerprint density at radius 2 is 1.60 bits per heavy atom. The number of nitrogens with zero attached hydrogens (tertiary/aromatic N) is 1. The van der Waals surface area contributed by atoms with E-state index in [2.05, 4.69) is 0 Å². The van der Waals surface area contributed by atoms with Crippen molar-refractivity contribution in [3.63, 3.8) is 0 Å². The standard InChI is InChI=1S/C8H9NO4.CH4O/c1-12-6-4-3-5-7(13-2)8(6)9(10)11;1-2/h3-5H,1-2H3;2H,1H3. The van der Waals surface area contributed by atoms with Crippen LogP contribution in [-0.4, -0.2) is 31.4 Å². The summed E-state index contributed by atoms with van der Waals surface area (Å²) in [5.74, 6) is 0.397. The maximum atomic E-state index is 10.6. The summed E-state index contributed by atoms with van der Waals surface area (Å²) in [6, 6.07) is 4.66. The lowest BCUT2D eigenvalue weighted by Gasteiger charge is -2.04. The van der Waals surface area contributed by atoms with Gasteiger partial charge in [0.1, 0.15) is 0 Å². The summed E-state index contributed by atoms with van der Waals surface area (Å²) in [6.07, 6.45) is 0. The number of nitro benzene ring substituents is 1. The Bertz CT molecular complexity index is 304. The SMILES string of the molecule is CO.COc1cccc(OC)c1[N+](=O)[O-]. The second-order valence-electron chi connectivity index (χ2n) is 2.27. The number of benzene rings is 1. The first kappa shape index (κ1) is 13.2. The summed E-state index contributed by atoms with van der Waals surface area (Å²) in [5.41, 5.74) is -0.146. The van der Waals surface area contributed by atoms with Gasteiger partial charge in [-0.2, -0.15) is 0 Å². The number of methoxy groups -OCH3 is 2. The molecule has 1 aromatic carbocycles. The first-order valence-corrected chi connectivity index (χ1v) is 4.00. The molecule has 0 amide bonds. The fraction of sp³-hybridized carbons (Fsp3) is 0.333. The largest absolute Gasteiger partial charge is 0.490 e. The highest BCUT2D eigenvalue weighted by Crippen LogP contribution is 2.35. The van der Waals surface area contributed by atoms with Gasteiger partial charge >= 0.3 is 5.69 Å². The van der Waals surface area contributed by atoms with E-state index in [1.807, 2.05) is 0 Å². The van der Waals surface area contributed by atoms with Gasteiger partial charge in [-0.05, 0) is 12.1 Å². The lowest BCUT2D eigenvalue weighted by Crippen LogP contribution is -1.96. The van der Waals surface area contributed by atoms with Gasteiger partial charge in [0.25, 0.3) is 0 Å². The van der Waals surface area contributed by atoms with Crippen LogP contribution in [0.15, 0.2) is 18.2 Å². The summed E-state index contributed by atoms with van der Waals surface area (Å²) in [7, 11) is 3.75. The van der Waals surface area contributed by atoms with Crippen molar-refractivity contribution in [3.8, 4) is 11.5 Å². The highest BCUT2D eigenvalue weighted by atomic mass is 16.6. The topological polar surface area (TPSA) is 81.8 Å². The van der Waals surface area contributed by atoms with E-state index in [-0.39, 0.29) is 17.2 Å². The number of para-hydroxylation sites is 1. The van der Waals surface area contributed by atoms with Gasteiger partial charge in [0.15, 0.2) is 0 Å². The zero-order chi connectivity index (χ0) is 11.8. The van der Waals surface area contributed by atoms with Crippen molar-refractivity contribution in [1.82, 2.24) is 0 Å². The van der Waals surface area contributed by atoms with Gasteiger partial charge in [-0.25, -0.2) is 0 Å². The Hall–Kier alpha value is -1.82. The molecule has 6 heteroatoms. The smallest absolute Gasteiger partial charge is 0.352 e. The van der Waals surface area contributed by atoms with Crippen LogP contribution < -0.4 is 9.47 Å². The molecule has 0 fully saturated rings. The Balaban J connectivity index is 0.000000921. The van der Waals surface area contributed by atoms with E-state index in [1.54, 1.807) is 6.07 Å². The van der Waals surface area contributed by atoms with Crippen LogP contribution in [0.4, 0.5) is 5.69 Å². The molecule has 0 spiro atoms. The van der Waals surface area contributed by atoms with E-state index in [1.165, 1.54) is 26.4 Å². The number of ether oxygens (including phenoxy) is 2. The van der Waals surface area contributed by atoms with Crippen molar-refractivity contribution in [2.45, 2.75) is 0 Å². The summed E-state index contributed by atoms with van der Waals surface area (Å²) in [4.78, 5) is 10.1. The Morgan fingerprint density at radius 3 is 1.87 bits per heavy atom. The molecule has 0 saturated heterocycles. The number of aliphatic hydroxyl groups is 1. The van der Waals surface area contributed by atoms with Crippen LogP contribution in [0.3, 0.4) is 0 Å². The molecule has 6 nitrogen and oxygen atoms in total. The van der Waals surface area contributed by atoms with Gasteiger partial charge in [-0.15, -0.1) is 0 Å². The minimum Gasteiger partial charge on any atom is -0.490 e. The molecule has 1 N–H and O–H groups in total.